The van der Waals surface area contributed by atoms with E-state index in [2.05, 4.69) is 32.6 Å². The van der Waals surface area contributed by atoms with E-state index in [9.17, 15) is 30.7 Å². The molecule has 0 bridgehead atoms. The van der Waals surface area contributed by atoms with Gasteiger partial charge < -0.3 is 23.6 Å². The molecule has 2 heterocycles. The van der Waals surface area contributed by atoms with E-state index in [1.807, 2.05) is 81.7 Å². The summed E-state index contributed by atoms with van der Waals surface area (Å²) in [5.74, 6) is 1.13. The van der Waals surface area contributed by atoms with Gasteiger partial charge in [0, 0.05) is 61.5 Å². The van der Waals surface area contributed by atoms with Gasteiger partial charge in [-0.05, 0) is 99.1 Å². The summed E-state index contributed by atoms with van der Waals surface area (Å²) in [6.45, 7) is 23.0. The highest BCUT2D eigenvalue weighted by Crippen LogP contribution is 2.51. The first-order valence-electron chi connectivity index (χ1n) is 21.2. The van der Waals surface area contributed by atoms with Gasteiger partial charge in [0.1, 0.15) is 30.4 Å². The Morgan fingerprint density at radius 3 is 2.23 bits per heavy atom. The number of ether oxygens (including phenoxy) is 2. The Morgan fingerprint density at radius 1 is 0.933 bits per heavy atom. The Kier molecular flexibility index (Phi) is 21.1. The highest BCUT2D eigenvalue weighted by atomic mass is 32.2. The molecule has 1 aliphatic carbocycles. The number of nitrogens with zero attached hydrogens (tertiary/aromatic N) is 2. The van der Waals surface area contributed by atoms with Crippen molar-refractivity contribution >= 4 is 37.8 Å². The normalized spacial score (nSPS) is 16.7. The van der Waals surface area contributed by atoms with Crippen molar-refractivity contribution in [3.63, 3.8) is 0 Å². The maximum atomic E-state index is 12.3. The third kappa shape index (κ3) is 15.1. The average Bonchev–Trinajstić information content (AvgIpc) is 3.42. The van der Waals surface area contributed by atoms with Crippen LogP contribution in [0.25, 0.3) is 17.4 Å². The molecule has 0 spiro atoms. The molecule has 0 saturated heterocycles. The third-order valence-corrected chi connectivity index (χ3v) is 11.9. The fourth-order valence-corrected chi connectivity index (χ4v) is 8.27. The number of methoxy groups -OCH3 is 1. The molecule has 60 heavy (non-hydrogen) atoms. The first kappa shape index (κ1) is 52.5. The standard InChI is InChI=1S/C42H58N2O10S2.2C2H6/c1-8-43(22-13-27-55(46,47)48)32-17-19-35-36(41(3,4)5)29-33(54-39(35)28-32)15-12-16-40-42(6,21-24-53-26-25-52-7)37-30-34(56(49,50)51)18-20-38(37)44(40)23-11-9-10-14-31(2)45;2*1-2/h12,15-20,28-30H,8-11,13-14,21-27H2,1-7H3,(H-,46,47,48,49,50,51);2*1-2H3/p+1. The molecule has 1 aromatic rings. The maximum Gasteiger partial charge on any atom is 0.294 e. The Hall–Kier alpha value is -3.66. The number of hydrogen-bond acceptors (Lipinski definition) is 9. The van der Waals surface area contributed by atoms with Gasteiger partial charge in [-0.25, -0.2) is 4.58 Å². The lowest BCUT2D eigenvalue weighted by molar-refractivity contribution is -0.117. The van der Waals surface area contributed by atoms with E-state index < -0.39 is 25.7 Å². The van der Waals surface area contributed by atoms with E-state index in [1.54, 1.807) is 26.2 Å². The summed E-state index contributed by atoms with van der Waals surface area (Å²) in [4.78, 5) is 13.6. The summed E-state index contributed by atoms with van der Waals surface area (Å²) >= 11 is 0. The summed E-state index contributed by atoms with van der Waals surface area (Å²) in [5, 5.41) is 0.873. The van der Waals surface area contributed by atoms with Crippen LogP contribution in [0.2, 0.25) is 0 Å². The number of Topliss-reactive ketones (excluding diaryl/α,β-unsaturated/α-hetero) is 1. The molecule has 1 atom stereocenters. The van der Waals surface area contributed by atoms with Gasteiger partial charge in [-0.1, -0.05) is 61.0 Å². The number of unbranched alkanes of at least 4 members (excludes halogenated alkanes) is 2. The van der Waals surface area contributed by atoms with Crippen molar-refractivity contribution in [2.24, 2.45) is 0 Å². The number of ketones is 1. The van der Waals surface area contributed by atoms with Gasteiger partial charge in [-0.3, -0.25) is 9.11 Å². The van der Waals surface area contributed by atoms with Gasteiger partial charge in [0.15, 0.2) is 0 Å². The monoisotopic (exact) mass is 875 g/mol. The fraction of sp³-hybridized carbons (Fsp3) is 0.565. The minimum Gasteiger partial charge on any atom is -0.456 e. The molecule has 2 N–H and O–H groups in total. The first-order valence-corrected chi connectivity index (χ1v) is 24.3. The van der Waals surface area contributed by atoms with E-state index >= 15 is 0 Å². The van der Waals surface area contributed by atoms with Gasteiger partial charge in [0.05, 0.1) is 29.9 Å². The van der Waals surface area contributed by atoms with Crippen molar-refractivity contribution in [3.8, 4) is 11.3 Å². The van der Waals surface area contributed by atoms with E-state index in [4.69, 9.17) is 13.9 Å². The fourth-order valence-electron chi connectivity index (χ4n) is 7.27. The van der Waals surface area contributed by atoms with Gasteiger partial charge in [0.2, 0.25) is 5.36 Å². The molecule has 1 aromatic carbocycles. The predicted octanol–water partition coefficient (Wildman–Crippen LogP) is 8.93. The minimum atomic E-state index is -4.46. The van der Waals surface area contributed by atoms with E-state index in [0.717, 1.165) is 52.7 Å². The number of allylic oxidation sites excluding steroid dienone is 3. The quantitative estimate of drug-likeness (QED) is 0.0633. The van der Waals surface area contributed by atoms with Crippen LogP contribution in [-0.2, 0) is 45.3 Å². The largest absolute Gasteiger partial charge is 0.456 e. The number of carbonyl (C=O) groups excluding carboxylic acids is 1. The number of rotatable bonds is 20. The highest BCUT2D eigenvalue weighted by molar-refractivity contribution is 7.86. The minimum absolute atomic E-state index is 0.157. The smallest absolute Gasteiger partial charge is 0.294 e. The lowest BCUT2D eigenvalue weighted by Gasteiger charge is -2.30. The summed E-state index contributed by atoms with van der Waals surface area (Å²) in [7, 11) is -6.91. The summed E-state index contributed by atoms with van der Waals surface area (Å²) < 4.78 is 86.2. The second-order valence-corrected chi connectivity index (χ2v) is 18.6. The van der Waals surface area contributed by atoms with Crippen LogP contribution in [0.4, 0.5) is 5.69 Å². The van der Waals surface area contributed by atoms with Crippen LogP contribution in [-0.4, -0.2) is 84.0 Å². The molecule has 0 amide bonds. The van der Waals surface area contributed by atoms with E-state index in [0.29, 0.717) is 63.8 Å². The predicted molar refractivity (Wildman–Crippen MR) is 243 cm³/mol. The summed E-state index contributed by atoms with van der Waals surface area (Å²) in [6.07, 6.45) is 9.62. The average molecular weight is 876 g/mol. The van der Waals surface area contributed by atoms with Crippen molar-refractivity contribution in [1.82, 2.24) is 4.58 Å². The summed E-state index contributed by atoms with van der Waals surface area (Å²) in [5.41, 5.74) is 3.67. The number of fused-ring (bicyclic) bond motifs is 2. The van der Waals surface area contributed by atoms with E-state index in [1.165, 1.54) is 6.07 Å². The van der Waals surface area contributed by atoms with Crippen molar-refractivity contribution in [2.45, 2.75) is 123 Å². The number of carbonyl (C=O) groups is 1. The second kappa shape index (κ2) is 24.1. The molecule has 336 valence electrons. The molecule has 14 heteroatoms. The van der Waals surface area contributed by atoms with E-state index in [-0.39, 0.29) is 28.3 Å². The molecule has 12 nitrogen and oxygen atoms in total. The third-order valence-electron chi connectivity index (χ3n) is 10.3. The molecule has 1 unspecified atom stereocenters. The zero-order chi connectivity index (χ0) is 45.3. The number of hydrogen-bond donors (Lipinski definition) is 2. The van der Waals surface area contributed by atoms with Crippen LogP contribution < -0.4 is 14.8 Å². The Bertz CT molecular complexity index is 2170. The zero-order valence-electron chi connectivity index (χ0n) is 37.8. The molecule has 0 aromatic heterocycles. The molecule has 3 aliphatic rings. The SMILES string of the molecule is CC.CC.CC[N+](CCCS(=O)(=O)O)=c1ccc2c(C(C)(C)C)cc(/C=C/C=C3/N(CCCCCC(C)=O)c4ccc(S(=O)(=O)O)cc4C3(C)CCOCCOC)oc-2c1. The summed E-state index contributed by atoms with van der Waals surface area (Å²) in [6, 6.07) is 12.8. The molecule has 2 aliphatic heterocycles. The van der Waals surface area contributed by atoms with Gasteiger partial charge >= 0.3 is 0 Å². The van der Waals surface area contributed by atoms with Crippen molar-refractivity contribution in [2.75, 3.05) is 57.2 Å². The molecular weight excluding hydrogens is 805 g/mol. The van der Waals surface area contributed by atoms with Crippen LogP contribution in [0.3, 0.4) is 0 Å². The topological polar surface area (TPSA) is 164 Å². The van der Waals surface area contributed by atoms with Crippen LogP contribution in [0.1, 0.15) is 125 Å². The van der Waals surface area contributed by atoms with Gasteiger partial charge in [-0.15, -0.1) is 0 Å². The van der Waals surface area contributed by atoms with Crippen LogP contribution in [0.15, 0.2) is 69.6 Å². The Labute approximate surface area is 360 Å². The first-order chi connectivity index (χ1) is 28.3. The maximum absolute atomic E-state index is 12.3. The molecule has 0 fully saturated rings. The van der Waals surface area contributed by atoms with Crippen molar-refractivity contribution in [3.05, 3.63) is 82.6 Å². The molecule has 4 rings (SSSR count). The Morgan fingerprint density at radius 2 is 1.63 bits per heavy atom. The van der Waals surface area contributed by atoms with Crippen LogP contribution in [0, 0.1) is 0 Å². The Balaban J connectivity index is 0.00000301. The molecular formula is C46H71N2O10S2+. The lowest BCUT2D eigenvalue weighted by atomic mass is 9.78. The van der Waals surface area contributed by atoms with Crippen LogP contribution >= 0.6 is 0 Å². The lowest BCUT2D eigenvalue weighted by Crippen LogP contribution is -2.31. The molecule has 0 radical (unpaired) electrons. The van der Waals surface area contributed by atoms with Crippen molar-refractivity contribution < 1.29 is 44.6 Å². The van der Waals surface area contributed by atoms with Crippen molar-refractivity contribution in [1.29, 1.82) is 0 Å². The second-order valence-electron chi connectivity index (χ2n) is 15.6. The van der Waals surface area contributed by atoms with Gasteiger partial charge in [-0.2, -0.15) is 16.8 Å². The number of benzene rings is 2. The zero-order valence-corrected chi connectivity index (χ0v) is 39.5. The van der Waals surface area contributed by atoms with Gasteiger partial charge in [0.25, 0.3) is 20.2 Å². The van der Waals surface area contributed by atoms with Crippen LogP contribution in [0.5, 0.6) is 0 Å². The molecule has 0 saturated carbocycles. The highest BCUT2D eigenvalue weighted by Gasteiger charge is 2.43. The number of anilines is 1.